The van der Waals surface area contributed by atoms with Crippen LogP contribution in [0.25, 0.3) is 5.57 Å². The Morgan fingerprint density at radius 3 is 2.25 bits per heavy atom. The van der Waals surface area contributed by atoms with E-state index in [2.05, 4.69) is 96.6 Å². The van der Waals surface area contributed by atoms with Gasteiger partial charge in [-0.25, -0.2) is 5.57 Å². The standard InChI is InChI=1S/C24H31Si.2ClH.Zr/c1-22(2,3)17-12-11-16(13-17)18-9-8-10-19-21(18)20(14-23(19,4)5)24(6,7)15-25;;;/h8-13,15-16H,25H2,1-7H3;2*1H;/q-1;;;+2/p-2. The van der Waals surface area contributed by atoms with Gasteiger partial charge in [0.15, 0.2) is 0 Å². The van der Waals surface area contributed by atoms with Crippen molar-refractivity contribution in [3.05, 3.63) is 64.8 Å². The molecule has 2 aliphatic rings. The minimum absolute atomic E-state index is 0.0248. The summed E-state index contributed by atoms with van der Waals surface area (Å²) in [5, 5.41) is 0. The van der Waals surface area contributed by atoms with Gasteiger partial charge in [-0.3, -0.25) is 6.08 Å². The summed E-state index contributed by atoms with van der Waals surface area (Å²) in [5.74, 6) is 0.366. The molecule has 0 saturated heterocycles. The predicted octanol–water partition coefficient (Wildman–Crippen LogP) is 6.63. The Kier molecular flexibility index (Phi) is 7.80. The van der Waals surface area contributed by atoms with E-state index in [1.54, 1.807) is 0 Å². The molecule has 2 aliphatic carbocycles. The molecule has 150 valence electrons. The van der Waals surface area contributed by atoms with Crippen LogP contribution in [0.4, 0.5) is 0 Å². The SMILES string of the molecule is CC(C)(C)C1=CC(c2cccc3c2C(C(C)(C)C=[SiH2])=[C-]C3(C)C)C=C1.[Cl][Zr][Cl]. The van der Waals surface area contributed by atoms with Gasteiger partial charge in [-0.1, -0.05) is 90.3 Å². The van der Waals surface area contributed by atoms with E-state index in [0.717, 1.165) is 0 Å². The Balaban J connectivity index is 0.000000878. The van der Waals surface area contributed by atoms with Crippen molar-refractivity contribution in [2.24, 2.45) is 10.8 Å². The zero-order valence-electron chi connectivity index (χ0n) is 18.1. The first-order chi connectivity index (χ1) is 12.9. The second-order valence-electron chi connectivity index (χ2n) is 9.65. The Hall–Kier alpha value is -0.01000. The van der Waals surface area contributed by atoms with Crippen LogP contribution in [0.5, 0.6) is 0 Å². The van der Waals surface area contributed by atoms with Crippen LogP contribution in [0.1, 0.15) is 71.1 Å². The Morgan fingerprint density at radius 2 is 1.75 bits per heavy atom. The van der Waals surface area contributed by atoms with Gasteiger partial charge in [-0.05, 0) is 26.3 Å². The molecular weight excluding hydrogens is 478 g/mol. The van der Waals surface area contributed by atoms with Crippen LogP contribution in [0, 0.1) is 16.9 Å². The number of halogens is 2. The monoisotopic (exact) mass is 507 g/mol. The number of rotatable bonds is 3. The number of allylic oxidation sites excluding steroid dienone is 6. The van der Waals surface area contributed by atoms with Gasteiger partial charge in [-0.2, -0.15) is 5.56 Å². The van der Waals surface area contributed by atoms with Gasteiger partial charge >= 0.3 is 37.9 Å². The molecule has 0 nitrogen and oxygen atoms in total. The molecule has 0 heterocycles. The summed E-state index contributed by atoms with van der Waals surface area (Å²) in [7, 11) is 11.8. The van der Waals surface area contributed by atoms with Gasteiger partial charge < -0.3 is 0 Å². The fourth-order valence-corrected chi connectivity index (χ4v) is 4.08. The van der Waals surface area contributed by atoms with E-state index in [1.165, 1.54) is 27.8 Å². The molecule has 28 heavy (non-hydrogen) atoms. The molecule has 1 aromatic rings. The molecular formula is C24H31Cl2SiZr-. The van der Waals surface area contributed by atoms with Crippen molar-refractivity contribution < 1.29 is 20.8 Å². The molecule has 0 amide bonds. The van der Waals surface area contributed by atoms with E-state index < -0.39 is 20.8 Å². The van der Waals surface area contributed by atoms with E-state index in [-0.39, 0.29) is 16.2 Å². The average Bonchev–Trinajstić information content (AvgIpc) is 3.19. The number of hydrogen-bond acceptors (Lipinski definition) is 0. The third-order valence-electron chi connectivity index (χ3n) is 5.68. The van der Waals surface area contributed by atoms with E-state index in [9.17, 15) is 0 Å². The van der Waals surface area contributed by atoms with Crippen LogP contribution < -0.4 is 0 Å². The van der Waals surface area contributed by atoms with Crippen LogP contribution in [-0.4, -0.2) is 15.5 Å². The van der Waals surface area contributed by atoms with Gasteiger partial charge in [0.2, 0.25) is 0 Å². The maximum absolute atomic E-state index is 4.93. The third-order valence-corrected chi connectivity index (χ3v) is 6.70. The molecule has 0 aromatic heterocycles. The third kappa shape index (κ3) is 5.00. The molecule has 0 fully saturated rings. The second-order valence-corrected chi connectivity index (χ2v) is 13.8. The topological polar surface area (TPSA) is 0 Å². The van der Waals surface area contributed by atoms with Gasteiger partial charge in [0.05, 0.1) is 0 Å². The fourth-order valence-electron chi connectivity index (χ4n) is 3.88. The first-order valence-electron chi connectivity index (χ1n) is 9.68. The van der Waals surface area contributed by atoms with Crippen molar-refractivity contribution in [1.29, 1.82) is 0 Å². The molecule has 0 N–H and O–H groups in total. The number of benzene rings is 1. The van der Waals surface area contributed by atoms with Crippen LogP contribution in [0.2, 0.25) is 0 Å². The van der Waals surface area contributed by atoms with Crippen molar-refractivity contribution in [3.63, 3.8) is 0 Å². The Morgan fingerprint density at radius 1 is 1.14 bits per heavy atom. The molecule has 0 bridgehead atoms. The second kappa shape index (κ2) is 9.01. The van der Waals surface area contributed by atoms with Gasteiger partial charge in [-0.15, -0.1) is 16.8 Å². The van der Waals surface area contributed by atoms with Gasteiger partial charge in [0.25, 0.3) is 0 Å². The van der Waals surface area contributed by atoms with E-state index in [1.807, 2.05) is 9.85 Å². The van der Waals surface area contributed by atoms with Crippen molar-refractivity contribution in [2.45, 2.75) is 59.8 Å². The molecule has 4 heteroatoms. The average molecular weight is 510 g/mol. The molecule has 1 unspecified atom stereocenters. The quantitative estimate of drug-likeness (QED) is 0.317. The zero-order valence-corrected chi connectivity index (χ0v) is 23.5. The maximum atomic E-state index is 4.93. The Labute approximate surface area is 193 Å². The van der Waals surface area contributed by atoms with Crippen LogP contribution in [0.15, 0.2) is 42.0 Å². The van der Waals surface area contributed by atoms with Crippen molar-refractivity contribution in [3.8, 4) is 0 Å². The van der Waals surface area contributed by atoms with E-state index in [0.29, 0.717) is 5.92 Å². The zero-order chi connectivity index (χ0) is 21.3. The predicted molar refractivity (Wildman–Crippen MR) is 126 cm³/mol. The van der Waals surface area contributed by atoms with Crippen LogP contribution in [0.3, 0.4) is 0 Å². The normalized spacial score (nSPS) is 20.0. The summed E-state index contributed by atoms with van der Waals surface area (Å²) >= 11 is -0.826. The molecule has 1 atom stereocenters. The fraction of sp³-hybridized carbons (Fsp3) is 0.458. The molecule has 0 saturated carbocycles. The van der Waals surface area contributed by atoms with Crippen molar-refractivity contribution in [2.75, 3.05) is 0 Å². The summed E-state index contributed by atoms with van der Waals surface area (Å²) in [6.45, 7) is 16.1. The summed E-state index contributed by atoms with van der Waals surface area (Å²) in [5.41, 5.74) is 9.63. The molecule has 3 rings (SSSR count). The first kappa shape index (κ1) is 24.3. The van der Waals surface area contributed by atoms with Crippen molar-refractivity contribution >= 4 is 38.1 Å². The first-order valence-corrected chi connectivity index (χ1v) is 16.8. The summed E-state index contributed by atoms with van der Waals surface area (Å²) in [6.07, 6.45) is 11.0. The van der Waals surface area contributed by atoms with E-state index in [4.69, 9.17) is 17.0 Å². The van der Waals surface area contributed by atoms with Crippen LogP contribution in [-0.2, 0) is 26.3 Å². The number of hydrogen-bond donors (Lipinski definition) is 0. The molecule has 0 spiro atoms. The van der Waals surface area contributed by atoms with Gasteiger partial charge in [0.1, 0.15) is 0 Å². The molecule has 0 radical (unpaired) electrons. The van der Waals surface area contributed by atoms with E-state index >= 15 is 0 Å². The Bertz CT molecular complexity index is 839. The summed E-state index contributed by atoms with van der Waals surface area (Å²) in [6, 6.07) is 6.83. The minimum atomic E-state index is -0.826. The van der Waals surface area contributed by atoms with Gasteiger partial charge in [0, 0.05) is 5.92 Å². The summed E-state index contributed by atoms with van der Waals surface area (Å²) < 4.78 is 0. The van der Waals surface area contributed by atoms with Crippen LogP contribution >= 0.6 is 17.0 Å². The number of fused-ring (bicyclic) bond motifs is 1. The van der Waals surface area contributed by atoms with Crippen molar-refractivity contribution in [1.82, 2.24) is 0 Å². The molecule has 0 aliphatic heterocycles. The summed E-state index contributed by atoms with van der Waals surface area (Å²) in [4.78, 5) is 0. The molecule has 1 aromatic carbocycles.